The molecule has 9 nitrogen and oxygen atoms in total. The van der Waals surface area contributed by atoms with E-state index in [0.29, 0.717) is 22.8 Å². The number of ether oxygens (including phenoxy) is 4. The Morgan fingerprint density at radius 2 is 1.81 bits per heavy atom. The largest absolute Gasteiger partial charge is 0.484 e. The maximum absolute atomic E-state index is 13.7. The molecule has 0 aromatic heterocycles. The number of hydrogen-bond donors (Lipinski definition) is 1. The number of benzene rings is 2. The predicted octanol–water partition coefficient (Wildman–Crippen LogP) is 2.78. The first-order valence-electron chi connectivity index (χ1n) is 12.1. The van der Waals surface area contributed by atoms with Gasteiger partial charge in [-0.25, -0.2) is 0 Å². The summed E-state index contributed by atoms with van der Waals surface area (Å²) in [5.74, 6) is 0.839. The zero-order valence-electron chi connectivity index (χ0n) is 19.6. The summed E-state index contributed by atoms with van der Waals surface area (Å²) < 4.78 is 22.5. The molecule has 2 amide bonds. The van der Waals surface area contributed by atoms with Crippen molar-refractivity contribution in [3.05, 3.63) is 64.9 Å². The van der Waals surface area contributed by atoms with Crippen LogP contribution in [-0.2, 0) is 25.7 Å². The summed E-state index contributed by atoms with van der Waals surface area (Å²) in [7, 11) is 0. The van der Waals surface area contributed by atoms with Gasteiger partial charge in [0.2, 0.25) is 6.79 Å². The Morgan fingerprint density at radius 3 is 2.61 bits per heavy atom. The predicted molar refractivity (Wildman–Crippen MR) is 126 cm³/mol. The number of amides is 2. The summed E-state index contributed by atoms with van der Waals surface area (Å²) in [5, 5.41) is 0. The molecular formula is C27H26N2O7. The third-order valence-electron chi connectivity index (χ3n) is 7.23. The number of rotatable bonds is 6. The third kappa shape index (κ3) is 3.84. The smallest absolute Gasteiger partial charge is 0.290 e. The highest BCUT2D eigenvalue weighted by Gasteiger charge is 2.51. The highest BCUT2D eigenvalue weighted by atomic mass is 16.7. The quantitative estimate of drug-likeness (QED) is 0.662. The van der Waals surface area contributed by atoms with Crippen LogP contribution in [0, 0.1) is 5.92 Å². The fraction of sp³-hybridized carbons (Fsp3) is 0.370. The van der Waals surface area contributed by atoms with Crippen molar-refractivity contribution in [3.63, 3.8) is 0 Å². The molecule has 1 fully saturated rings. The van der Waals surface area contributed by atoms with Gasteiger partial charge in [-0.2, -0.15) is 0 Å². The summed E-state index contributed by atoms with van der Waals surface area (Å²) in [5.41, 5.74) is 7.20. The second-order valence-corrected chi connectivity index (χ2v) is 9.50. The van der Waals surface area contributed by atoms with E-state index in [2.05, 4.69) is 0 Å². The first-order valence-corrected chi connectivity index (χ1v) is 12.1. The molecule has 3 heterocycles. The van der Waals surface area contributed by atoms with E-state index < -0.39 is 11.9 Å². The highest BCUT2D eigenvalue weighted by molar-refractivity contribution is 6.11. The van der Waals surface area contributed by atoms with Crippen molar-refractivity contribution in [2.45, 2.75) is 44.4 Å². The van der Waals surface area contributed by atoms with Crippen molar-refractivity contribution >= 4 is 17.6 Å². The molecule has 9 heteroatoms. The minimum atomic E-state index is -0.599. The summed E-state index contributed by atoms with van der Waals surface area (Å²) in [6.45, 7) is 0.191. The fourth-order valence-electron chi connectivity index (χ4n) is 5.54. The Labute approximate surface area is 207 Å². The summed E-state index contributed by atoms with van der Waals surface area (Å²) >= 11 is 0. The number of fused-ring (bicyclic) bond motifs is 2. The number of primary amides is 1. The van der Waals surface area contributed by atoms with E-state index in [-0.39, 0.29) is 49.4 Å². The van der Waals surface area contributed by atoms with E-state index >= 15 is 0 Å². The minimum Gasteiger partial charge on any atom is -0.484 e. The maximum atomic E-state index is 13.7. The first-order chi connectivity index (χ1) is 17.5. The van der Waals surface area contributed by atoms with E-state index in [1.807, 2.05) is 18.2 Å². The Balaban J connectivity index is 1.36. The van der Waals surface area contributed by atoms with Crippen LogP contribution in [0.25, 0.3) is 0 Å². The molecule has 3 unspecified atom stereocenters. The third-order valence-corrected chi connectivity index (χ3v) is 7.23. The molecule has 36 heavy (non-hydrogen) atoms. The molecule has 3 aliphatic heterocycles. The van der Waals surface area contributed by atoms with E-state index in [1.54, 1.807) is 29.2 Å². The van der Waals surface area contributed by atoms with E-state index in [0.717, 1.165) is 36.8 Å². The van der Waals surface area contributed by atoms with Crippen LogP contribution in [0.4, 0.5) is 0 Å². The van der Waals surface area contributed by atoms with E-state index in [1.165, 1.54) is 0 Å². The molecule has 0 radical (unpaired) electrons. The van der Waals surface area contributed by atoms with Crippen molar-refractivity contribution in [2.24, 2.45) is 11.7 Å². The van der Waals surface area contributed by atoms with Gasteiger partial charge in [0.1, 0.15) is 11.9 Å². The van der Waals surface area contributed by atoms with Crippen molar-refractivity contribution in [1.82, 2.24) is 4.90 Å². The number of hydrogen-bond acceptors (Lipinski definition) is 7. The molecule has 2 N–H and O–H groups in total. The number of ketones is 1. The van der Waals surface area contributed by atoms with Crippen LogP contribution in [0.1, 0.15) is 42.9 Å². The molecule has 3 atom stereocenters. The molecule has 0 spiro atoms. The topological polar surface area (TPSA) is 117 Å². The highest BCUT2D eigenvalue weighted by Crippen LogP contribution is 2.47. The van der Waals surface area contributed by atoms with Gasteiger partial charge in [0.05, 0.1) is 17.5 Å². The first kappa shape index (κ1) is 22.5. The van der Waals surface area contributed by atoms with Gasteiger partial charge >= 0.3 is 0 Å². The maximum Gasteiger partial charge on any atom is 0.290 e. The number of Topliss-reactive ketones (excluding diaryl/α,β-unsaturated/α-hetero) is 1. The van der Waals surface area contributed by atoms with Gasteiger partial charge in [0, 0.05) is 6.54 Å². The Kier molecular flexibility index (Phi) is 5.55. The molecule has 2 aromatic rings. The van der Waals surface area contributed by atoms with Gasteiger partial charge in [0.25, 0.3) is 11.8 Å². The number of nitrogens with zero attached hydrogens (tertiary/aromatic N) is 1. The lowest BCUT2D eigenvalue weighted by molar-refractivity contribution is -0.135. The van der Waals surface area contributed by atoms with Crippen LogP contribution in [-0.4, -0.2) is 42.0 Å². The van der Waals surface area contributed by atoms with Gasteiger partial charge in [-0.15, -0.1) is 0 Å². The SMILES string of the molecule is NC(=O)COc1ccc(C2C3=C(OC4CCCCC4C3=O)C(=O)N2Cc2ccc3c(c2)OCO3)cc1. The zero-order chi connectivity index (χ0) is 24.8. The van der Waals surface area contributed by atoms with Gasteiger partial charge in [-0.3, -0.25) is 14.4 Å². The molecule has 1 saturated carbocycles. The Bertz CT molecular complexity index is 1270. The van der Waals surface area contributed by atoms with Crippen molar-refractivity contribution in [3.8, 4) is 17.2 Å². The molecule has 0 saturated heterocycles. The average molecular weight is 491 g/mol. The van der Waals surface area contributed by atoms with Crippen molar-refractivity contribution in [2.75, 3.05) is 13.4 Å². The Hall–Kier alpha value is -4.01. The average Bonchev–Trinajstić information content (AvgIpc) is 3.46. The molecule has 6 rings (SSSR count). The van der Waals surface area contributed by atoms with Crippen LogP contribution >= 0.6 is 0 Å². The van der Waals surface area contributed by atoms with Crippen LogP contribution in [0.15, 0.2) is 53.8 Å². The molecular weight excluding hydrogens is 464 g/mol. The lowest BCUT2D eigenvalue weighted by Gasteiger charge is -2.35. The standard InChI is InChI=1S/C27H26N2O7/c28-22(30)13-33-17-8-6-16(7-9-17)24-23-25(31)18-3-1-2-4-19(18)36-26(23)27(32)29(24)12-15-5-10-20-21(11-15)35-14-34-20/h5-11,18-19,24H,1-4,12-14H2,(H2,28,30). The summed E-state index contributed by atoms with van der Waals surface area (Å²) in [6.07, 6.45) is 3.26. The van der Waals surface area contributed by atoms with Gasteiger partial charge < -0.3 is 29.6 Å². The lowest BCUT2D eigenvalue weighted by Crippen LogP contribution is -2.39. The monoisotopic (exact) mass is 490 g/mol. The van der Waals surface area contributed by atoms with Crippen LogP contribution in [0.5, 0.6) is 17.2 Å². The molecule has 1 aliphatic carbocycles. The lowest BCUT2D eigenvalue weighted by atomic mass is 9.77. The van der Waals surface area contributed by atoms with Crippen LogP contribution in [0.2, 0.25) is 0 Å². The molecule has 186 valence electrons. The van der Waals surface area contributed by atoms with E-state index in [4.69, 9.17) is 24.7 Å². The summed E-state index contributed by atoms with van der Waals surface area (Å²) in [6, 6.07) is 12.0. The number of carbonyl (C=O) groups excluding carboxylic acids is 3. The Morgan fingerprint density at radius 1 is 1.03 bits per heavy atom. The van der Waals surface area contributed by atoms with Gasteiger partial charge in [-0.1, -0.05) is 24.6 Å². The zero-order valence-corrected chi connectivity index (χ0v) is 19.6. The van der Waals surface area contributed by atoms with E-state index in [9.17, 15) is 14.4 Å². The van der Waals surface area contributed by atoms with Crippen molar-refractivity contribution < 1.29 is 33.3 Å². The second kappa shape index (κ2) is 8.89. The normalized spacial score (nSPS) is 24.3. The van der Waals surface area contributed by atoms with Crippen LogP contribution < -0.4 is 19.9 Å². The van der Waals surface area contributed by atoms with Crippen LogP contribution in [0.3, 0.4) is 0 Å². The fourth-order valence-corrected chi connectivity index (χ4v) is 5.54. The van der Waals surface area contributed by atoms with Gasteiger partial charge in [-0.05, 0) is 54.7 Å². The van der Waals surface area contributed by atoms with Crippen molar-refractivity contribution in [1.29, 1.82) is 0 Å². The second-order valence-electron chi connectivity index (χ2n) is 9.50. The number of carbonyl (C=O) groups is 3. The van der Waals surface area contributed by atoms with Gasteiger partial charge in [0.15, 0.2) is 29.6 Å². The summed E-state index contributed by atoms with van der Waals surface area (Å²) in [4.78, 5) is 40.2. The molecule has 2 aromatic carbocycles. The number of nitrogens with two attached hydrogens (primary N) is 1. The molecule has 0 bridgehead atoms. The molecule has 4 aliphatic rings. The minimum absolute atomic E-state index is 0.00143.